The van der Waals surface area contributed by atoms with Gasteiger partial charge in [0.25, 0.3) is 0 Å². The third-order valence-corrected chi connectivity index (χ3v) is 2.09. The molecule has 0 radical (unpaired) electrons. The van der Waals surface area contributed by atoms with Crippen molar-refractivity contribution in [1.82, 2.24) is 4.90 Å². The molecule has 0 aromatic heterocycles. The highest BCUT2D eigenvalue weighted by Crippen LogP contribution is 2.22. The fourth-order valence-corrected chi connectivity index (χ4v) is 1.49. The van der Waals surface area contributed by atoms with E-state index in [1.807, 2.05) is 0 Å². The Morgan fingerprint density at radius 3 is 2.31 bits per heavy atom. The standard InChI is InChI=1S/C7H9NO5/c9-3-4-1-2-5(6(10)11)8(4)7(12)13/h3-5H,1-2H2,(H,10,11)(H,12,13)/t4?,5-/m0/s1. The number of aldehydes is 1. The number of carbonyl (C=O) groups excluding carboxylic acids is 1. The molecule has 1 saturated heterocycles. The smallest absolute Gasteiger partial charge is 0.408 e. The Morgan fingerprint density at radius 1 is 1.31 bits per heavy atom. The third kappa shape index (κ3) is 1.61. The summed E-state index contributed by atoms with van der Waals surface area (Å²) in [5, 5.41) is 17.3. The Balaban J connectivity index is 2.84. The summed E-state index contributed by atoms with van der Waals surface area (Å²) in [7, 11) is 0. The zero-order valence-corrected chi connectivity index (χ0v) is 6.71. The fourth-order valence-electron chi connectivity index (χ4n) is 1.49. The highest BCUT2D eigenvalue weighted by Gasteiger charge is 2.40. The lowest BCUT2D eigenvalue weighted by molar-refractivity contribution is -0.142. The molecule has 1 aliphatic rings. The van der Waals surface area contributed by atoms with Crippen LogP contribution in [0.1, 0.15) is 12.8 Å². The molecule has 1 heterocycles. The van der Waals surface area contributed by atoms with Crippen LogP contribution in [-0.4, -0.2) is 45.5 Å². The number of amides is 1. The number of hydrogen-bond acceptors (Lipinski definition) is 3. The minimum absolute atomic E-state index is 0.199. The van der Waals surface area contributed by atoms with Gasteiger partial charge in [-0.1, -0.05) is 0 Å². The largest absolute Gasteiger partial charge is 0.480 e. The molecule has 2 N–H and O–H groups in total. The second-order valence-corrected chi connectivity index (χ2v) is 2.82. The molecule has 6 nitrogen and oxygen atoms in total. The molecule has 1 fully saturated rings. The summed E-state index contributed by atoms with van der Waals surface area (Å²) in [5.41, 5.74) is 0. The van der Waals surface area contributed by atoms with Crippen LogP contribution in [0.4, 0.5) is 4.79 Å². The van der Waals surface area contributed by atoms with Crippen LogP contribution in [0, 0.1) is 0 Å². The van der Waals surface area contributed by atoms with Crippen molar-refractivity contribution >= 4 is 18.3 Å². The summed E-state index contributed by atoms with van der Waals surface area (Å²) in [6.45, 7) is 0. The van der Waals surface area contributed by atoms with Gasteiger partial charge in [-0.05, 0) is 12.8 Å². The van der Waals surface area contributed by atoms with Crippen molar-refractivity contribution in [2.75, 3.05) is 0 Å². The van der Waals surface area contributed by atoms with Crippen molar-refractivity contribution in [1.29, 1.82) is 0 Å². The van der Waals surface area contributed by atoms with E-state index >= 15 is 0 Å². The molecule has 1 rings (SSSR count). The highest BCUT2D eigenvalue weighted by atomic mass is 16.4. The van der Waals surface area contributed by atoms with E-state index in [0.29, 0.717) is 11.2 Å². The van der Waals surface area contributed by atoms with Gasteiger partial charge in [0.2, 0.25) is 0 Å². The van der Waals surface area contributed by atoms with Crippen molar-refractivity contribution < 1.29 is 24.6 Å². The number of likely N-dealkylation sites (tertiary alicyclic amines) is 1. The number of aliphatic carboxylic acids is 1. The molecule has 6 heteroatoms. The van der Waals surface area contributed by atoms with E-state index in [1.54, 1.807) is 0 Å². The van der Waals surface area contributed by atoms with Gasteiger partial charge in [0.05, 0.1) is 6.04 Å². The maximum atomic E-state index is 10.6. The summed E-state index contributed by atoms with van der Waals surface area (Å²) in [6.07, 6.45) is -0.406. The minimum atomic E-state index is -1.36. The Hall–Kier alpha value is -1.59. The molecule has 1 unspecified atom stereocenters. The van der Waals surface area contributed by atoms with E-state index in [2.05, 4.69) is 0 Å². The van der Waals surface area contributed by atoms with Gasteiger partial charge in [-0.25, -0.2) is 9.59 Å². The highest BCUT2D eigenvalue weighted by molar-refractivity contribution is 5.83. The first-order chi connectivity index (χ1) is 6.07. The van der Waals surface area contributed by atoms with Crippen LogP contribution in [0.3, 0.4) is 0 Å². The van der Waals surface area contributed by atoms with Gasteiger partial charge in [0.1, 0.15) is 12.3 Å². The summed E-state index contributed by atoms with van der Waals surface area (Å²) < 4.78 is 0. The maximum absolute atomic E-state index is 10.6. The zero-order valence-electron chi connectivity index (χ0n) is 6.71. The lowest BCUT2D eigenvalue weighted by atomic mass is 10.2. The van der Waals surface area contributed by atoms with Gasteiger partial charge < -0.3 is 15.0 Å². The van der Waals surface area contributed by atoms with Crippen LogP contribution in [0.5, 0.6) is 0 Å². The molecule has 1 aliphatic heterocycles. The van der Waals surface area contributed by atoms with Gasteiger partial charge in [0, 0.05) is 0 Å². The molecule has 13 heavy (non-hydrogen) atoms. The predicted octanol–water partition coefficient (Wildman–Crippen LogP) is -0.219. The van der Waals surface area contributed by atoms with Crippen LogP contribution in [0.15, 0.2) is 0 Å². The first-order valence-electron chi connectivity index (χ1n) is 3.77. The number of carboxylic acid groups (broad SMARTS) is 2. The van der Waals surface area contributed by atoms with Crippen molar-refractivity contribution in [3.63, 3.8) is 0 Å². The second kappa shape index (κ2) is 3.42. The van der Waals surface area contributed by atoms with Gasteiger partial charge >= 0.3 is 12.1 Å². The molecule has 0 aliphatic carbocycles. The third-order valence-electron chi connectivity index (χ3n) is 2.09. The Kier molecular flexibility index (Phi) is 2.50. The average Bonchev–Trinajstić information content (AvgIpc) is 2.46. The lowest BCUT2D eigenvalue weighted by Crippen LogP contribution is -2.44. The van der Waals surface area contributed by atoms with E-state index < -0.39 is 24.1 Å². The van der Waals surface area contributed by atoms with Gasteiger partial charge in [-0.3, -0.25) is 4.90 Å². The van der Waals surface area contributed by atoms with E-state index in [-0.39, 0.29) is 12.8 Å². The van der Waals surface area contributed by atoms with Crippen LogP contribution in [0.2, 0.25) is 0 Å². The lowest BCUT2D eigenvalue weighted by Gasteiger charge is -2.20. The molecule has 2 atom stereocenters. The molecule has 0 bridgehead atoms. The topological polar surface area (TPSA) is 94.9 Å². The summed E-state index contributed by atoms with van der Waals surface area (Å²) >= 11 is 0. The van der Waals surface area contributed by atoms with E-state index in [0.717, 1.165) is 0 Å². The summed E-state index contributed by atoms with van der Waals surface area (Å²) in [4.78, 5) is 32.2. The van der Waals surface area contributed by atoms with Crippen molar-refractivity contribution in [2.45, 2.75) is 24.9 Å². The van der Waals surface area contributed by atoms with Crippen molar-refractivity contribution in [2.24, 2.45) is 0 Å². The molecule has 0 aromatic carbocycles. The molecular weight excluding hydrogens is 178 g/mol. The normalized spacial score (nSPS) is 27.2. The summed E-state index contributed by atoms with van der Waals surface area (Å²) in [5.74, 6) is -1.20. The molecule has 0 aromatic rings. The van der Waals surface area contributed by atoms with E-state index in [4.69, 9.17) is 10.2 Å². The molecule has 0 saturated carbocycles. The van der Waals surface area contributed by atoms with Crippen molar-refractivity contribution in [3.05, 3.63) is 0 Å². The molecule has 72 valence electrons. The Morgan fingerprint density at radius 2 is 1.92 bits per heavy atom. The molecule has 1 amide bonds. The maximum Gasteiger partial charge on any atom is 0.408 e. The Labute approximate surface area is 73.8 Å². The quantitative estimate of drug-likeness (QED) is 0.583. The number of nitrogens with zero attached hydrogens (tertiary/aromatic N) is 1. The van der Waals surface area contributed by atoms with E-state index in [9.17, 15) is 14.4 Å². The van der Waals surface area contributed by atoms with Gasteiger partial charge in [0.15, 0.2) is 0 Å². The first-order valence-corrected chi connectivity index (χ1v) is 3.77. The van der Waals surface area contributed by atoms with E-state index in [1.165, 1.54) is 0 Å². The van der Waals surface area contributed by atoms with Crippen LogP contribution in [0.25, 0.3) is 0 Å². The number of carbonyl (C=O) groups is 3. The van der Waals surface area contributed by atoms with Crippen LogP contribution < -0.4 is 0 Å². The summed E-state index contributed by atoms with van der Waals surface area (Å²) in [6, 6.07) is -1.88. The van der Waals surface area contributed by atoms with Crippen LogP contribution >= 0.6 is 0 Å². The van der Waals surface area contributed by atoms with Gasteiger partial charge in [-0.15, -0.1) is 0 Å². The SMILES string of the molecule is O=CC1CC[C@@H](C(=O)O)N1C(=O)O. The number of hydrogen-bond donors (Lipinski definition) is 2. The second-order valence-electron chi connectivity index (χ2n) is 2.82. The first kappa shape index (κ1) is 9.50. The molecular formula is C7H9NO5. The number of carboxylic acids is 1. The van der Waals surface area contributed by atoms with Gasteiger partial charge in [-0.2, -0.15) is 0 Å². The number of rotatable bonds is 2. The zero-order chi connectivity index (χ0) is 10.0. The average molecular weight is 187 g/mol. The fraction of sp³-hybridized carbons (Fsp3) is 0.571. The Bertz CT molecular complexity index is 251. The van der Waals surface area contributed by atoms with Crippen molar-refractivity contribution in [3.8, 4) is 0 Å². The monoisotopic (exact) mass is 187 g/mol. The minimum Gasteiger partial charge on any atom is -0.480 e. The predicted molar refractivity (Wildman–Crippen MR) is 40.4 cm³/mol. The molecule has 0 spiro atoms. The van der Waals surface area contributed by atoms with Crippen LogP contribution in [-0.2, 0) is 9.59 Å².